The molecule has 11 heteroatoms. The first kappa shape index (κ1) is 21.1. The summed E-state index contributed by atoms with van der Waals surface area (Å²) < 4.78 is 5.38. The lowest BCUT2D eigenvalue weighted by Gasteiger charge is -2.37. The fraction of sp³-hybridized carbons (Fsp3) is 0.368. The number of hydrogen-bond donors (Lipinski definition) is 4. The third kappa shape index (κ3) is 4.51. The Kier molecular flexibility index (Phi) is 6.52. The van der Waals surface area contributed by atoms with Crippen LogP contribution in [0.15, 0.2) is 40.1 Å². The van der Waals surface area contributed by atoms with E-state index in [4.69, 9.17) is 4.74 Å². The van der Waals surface area contributed by atoms with Gasteiger partial charge in [-0.3, -0.25) is 19.4 Å². The predicted octanol–water partition coefficient (Wildman–Crippen LogP) is -1.49. The van der Waals surface area contributed by atoms with Gasteiger partial charge < -0.3 is 29.9 Å². The first-order chi connectivity index (χ1) is 14.4. The quantitative estimate of drug-likeness (QED) is 0.448. The lowest BCUT2D eigenvalue weighted by Crippen LogP contribution is -2.56. The number of aliphatic hydroxyl groups excluding tert-OH is 1. The van der Waals surface area contributed by atoms with Crippen LogP contribution in [-0.2, 0) is 4.79 Å². The fourth-order valence-electron chi connectivity index (χ4n) is 3.28. The van der Waals surface area contributed by atoms with E-state index in [1.807, 2.05) is 29.2 Å². The van der Waals surface area contributed by atoms with E-state index >= 15 is 0 Å². The standard InChI is InChI=1S/C19H23N5O6/c1-30-15-5-3-2-4-14(15)23-6-8-24(9-7-23)18(28)13(11-25)21-16(26)12-10-20-19(29)22-17(12)27/h2-5,10,13,25H,6-9,11H2,1H3,(H,21,26)(H2,20,22,27,29)/t13-/m0/s1. The number of H-pyrrole nitrogens is 2. The molecule has 1 aromatic heterocycles. The van der Waals surface area contributed by atoms with Crippen LogP contribution in [0.3, 0.4) is 0 Å². The van der Waals surface area contributed by atoms with Crippen molar-refractivity contribution in [2.45, 2.75) is 6.04 Å². The molecule has 160 valence electrons. The molecule has 1 aromatic carbocycles. The molecular formula is C19H23N5O6. The number of benzene rings is 1. The summed E-state index contributed by atoms with van der Waals surface area (Å²) in [4.78, 5) is 55.6. The highest BCUT2D eigenvalue weighted by atomic mass is 16.5. The van der Waals surface area contributed by atoms with Gasteiger partial charge >= 0.3 is 5.69 Å². The Bertz CT molecular complexity index is 1020. The molecule has 0 saturated carbocycles. The zero-order chi connectivity index (χ0) is 21.7. The number of nitrogens with zero attached hydrogens (tertiary/aromatic N) is 2. The highest BCUT2D eigenvalue weighted by Gasteiger charge is 2.29. The third-order valence-electron chi connectivity index (χ3n) is 4.87. The number of aromatic amines is 2. The summed E-state index contributed by atoms with van der Waals surface area (Å²) in [5.41, 5.74) is -1.07. The monoisotopic (exact) mass is 417 g/mol. The molecule has 11 nitrogen and oxygen atoms in total. The Hall–Kier alpha value is -3.60. The topological polar surface area (TPSA) is 148 Å². The average Bonchev–Trinajstić information content (AvgIpc) is 2.77. The molecule has 2 amide bonds. The molecule has 2 aromatic rings. The molecule has 0 bridgehead atoms. The van der Waals surface area contributed by atoms with Crippen molar-refractivity contribution in [2.75, 3.05) is 44.8 Å². The van der Waals surface area contributed by atoms with Crippen LogP contribution in [0.25, 0.3) is 0 Å². The van der Waals surface area contributed by atoms with Crippen molar-refractivity contribution >= 4 is 17.5 Å². The molecule has 1 atom stereocenters. The van der Waals surface area contributed by atoms with Crippen molar-refractivity contribution in [2.24, 2.45) is 0 Å². The minimum atomic E-state index is -1.21. The van der Waals surface area contributed by atoms with E-state index in [9.17, 15) is 24.3 Å². The minimum absolute atomic E-state index is 0.359. The summed E-state index contributed by atoms with van der Waals surface area (Å²) in [6.45, 7) is 1.26. The molecule has 0 unspecified atom stereocenters. The van der Waals surface area contributed by atoms with E-state index in [0.29, 0.717) is 26.2 Å². The van der Waals surface area contributed by atoms with Crippen molar-refractivity contribution in [1.82, 2.24) is 20.2 Å². The lowest BCUT2D eigenvalue weighted by atomic mass is 10.2. The van der Waals surface area contributed by atoms with Crippen LogP contribution in [0.5, 0.6) is 5.75 Å². The minimum Gasteiger partial charge on any atom is -0.495 e. The highest BCUT2D eigenvalue weighted by molar-refractivity contribution is 5.97. The number of carbonyl (C=O) groups is 2. The summed E-state index contributed by atoms with van der Waals surface area (Å²) in [7, 11) is 1.60. The van der Waals surface area contributed by atoms with Crippen LogP contribution in [0, 0.1) is 0 Å². The van der Waals surface area contributed by atoms with Crippen LogP contribution >= 0.6 is 0 Å². The van der Waals surface area contributed by atoms with Gasteiger partial charge in [-0.05, 0) is 12.1 Å². The van der Waals surface area contributed by atoms with Crippen molar-refractivity contribution in [3.05, 3.63) is 56.9 Å². The first-order valence-corrected chi connectivity index (χ1v) is 9.35. The van der Waals surface area contributed by atoms with E-state index < -0.39 is 35.7 Å². The number of aromatic nitrogens is 2. The molecule has 1 aliphatic heterocycles. The van der Waals surface area contributed by atoms with Gasteiger partial charge in [0.25, 0.3) is 11.5 Å². The third-order valence-corrected chi connectivity index (χ3v) is 4.87. The molecule has 3 rings (SSSR count). The number of hydrogen-bond acceptors (Lipinski definition) is 7. The number of carbonyl (C=O) groups excluding carboxylic acids is 2. The number of methoxy groups -OCH3 is 1. The molecule has 0 spiro atoms. The Morgan fingerprint density at radius 1 is 1.20 bits per heavy atom. The van der Waals surface area contributed by atoms with Gasteiger partial charge in [0.1, 0.15) is 17.4 Å². The Balaban J connectivity index is 1.63. The van der Waals surface area contributed by atoms with Crippen LogP contribution in [0.2, 0.25) is 0 Å². The number of ether oxygens (including phenoxy) is 1. The van der Waals surface area contributed by atoms with E-state index in [-0.39, 0.29) is 5.56 Å². The lowest BCUT2D eigenvalue weighted by molar-refractivity contribution is -0.134. The second-order valence-corrected chi connectivity index (χ2v) is 6.68. The smallest absolute Gasteiger partial charge is 0.325 e. The van der Waals surface area contributed by atoms with Gasteiger partial charge in [-0.15, -0.1) is 0 Å². The fourth-order valence-corrected chi connectivity index (χ4v) is 3.28. The van der Waals surface area contributed by atoms with Crippen molar-refractivity contribution < 1.29 is 19.4 Å². The SMILES string of the molecule is COc1ccccc1N1CCN(C(=O)[C@H](CO)NC(=O)c2c[nH]c(=O)[nH]c2=O)CC1. The molecule has 1 aliphatic rings. The normalized spacial score (nSPS) is 14.9. The van der Waals surface area contributed by atoms with Crippen molar-refractivity contribution in [1.29, 1.82) is 0 Å². The zero-order valence-electron chi connectivity index (χ0n) is 16.4. The molecule has 0 aliphatic carbocycles. The van der Waals surface area contributed by atoms with Gasteiger partial charge in [0, 0.05) is 32.4 Å². The maximum Gasteiger partial charge on any atom is 0.325 e. The second-order valence-electron chi connectivity index (χ2n) is 6.68. The van der Waals surface area contributed by atoms with Gasteiger partial charge in [-0.25, -0.2) is 4.79 Å². The van der Waals surface area contributed by atoms with Gasteiger partial charge in [0.15, 0.2) is 0 Å². The Morgan fingerprint density at radius 2 is 1.90 bits per heavy atom. The van der Waals surface area contributed by atoms with Crippen molar-refractivity contribution in [3.8, 4) is 5.75 Å². The Morgan fingerprint density at radius 3 is 2.53 bits per heavy atom. The number of amides is 2. The largest absolute Gasteiger partial charge is 0.495 e. The average molecular weight is 417 g/mol. The van der Waals surface area contributed by atoms with Crippen LogP contribution in [-0.4, -0.2) is 77.7 Å². The number of piperazine rings is 1. The number of nitrogens with one attached hydrogen (secondary N) is 3. The first-order valence-electron chi connectivity index (χ1n) is 9.35. The van der Waals surface area contributed by atoms with Gasteiger partial charge in [-0.1, -0.05) is 12.1 Å². The maximum atomic E-state index is 12.8. The van der Waals surface area contributed by atoms with Gasteiger partial charge in [0.2, 0.25) is 5.91 Å². The van der Waals surface area contributed by atoms with E-state index in [1.165, 1.54) is 0 Å². The number of para-hydroxylation sites is 2. The summed E-state index contributed by atoms with van der Waals surface area (Å²) in [5, 5.41) is 11.9. The summed E-state index contributed by atoms with van der Waals surface area (Å²) >= 11 is 0. The molecule has 30 heavy (non-hydrogen) atoms. The highest BCUT2D eigenvalue weighted by Crippen LogP contribution is 2.28. The second kappa shape index (κ2) is 9.27. The number of aliphatic hydroxyl groups is 1. The van der Waals surface area contributed by atoms with E-state index in [0.717, 1.165) is 17.6 Å². The number of anilines is 1. The van der Waals surface area contributed by atoms with Gasteiger partial charge in [0.05, 0.1) is 19.4 Å². The van der Waals surface area contributed by atoms with Crippen LogP contribution in [0.1, 0.15) is 10.4 Å². The molecule has 1 saturated heterocycles. The van der Waals surface area contributed by atoms with Crippen LogP contribution < -0.4 is 26.2 Å². The van der Waals surface area contributed by atoms with E-state index in [2.05, 4.69) is 15.2 Å². The Labute approximate surface area is 171 Å². The predicted molar refractivity (Wildman–Crippen MR) is 108 cm³/mol. The zero-order valence-corrected chi connectivity index (χ0v) is 16.4. The van der Waals surface area contributed by atoms with Gasteiger partial charge in [-0.2, -0.15) is 0 Å². The van der Waals surface area contributed by atoms with Crippen molar-refractivity contribution in [3.63, 3.8) is 0 Å². The molecule has 4 N–H and O–H groups in total. The number of rotatable bonds is 6. The molecule has 2 heterocycles. The molecule has 0 radical (unpaired) electrons. The molecular weight excluding hydrogens is 394 g/mol. The summed E-state index contributed by atoms with van der Waals surface area (Å²) in [6.07, 6.45) is 0.960. The van der Waals surface area contributed by atoms with Crippen LogP contribution in [0.4, 0.5) is 5.69 Å². The molecule has 1 fully saturated rings. The summed E-state index contributed by atoms with van der Waals surface area (Å²) in [6, 6.07) is 6.38. The van der Waals surface area contributed by atoms with E-state index in [1.54, 1.807) is 12.0 Å². The summed E-state index contributed by atoms with van der Waals surface area (Å²) in [5.74, 6) is -0.581. The maximum absolute atomic E-state index is 12.8.